The second-order valence-electron chi connectivity index (χ2n) is 5.44. The Labute approximate surface area is 144 Å². The summed E-state index contributed by atoms with van der Waals surface area (Å²) in [7, 11) is -1.45. The highest BCUT2D eigenvalue weighted by molar-refractivity contribution is 7.89. The molecule has 0 bridgehead atoms. The maximum Gasteiger partial charge on any atom is 0.409 e. The van der Waals surface area contributed by atoms with Crippen molar-refractivity contribution in [2.75, 3.05) is 27.3 Å². The van der Waals surface area contributed by atoms with Crippen LogP contribution in [0.25, 0.3) is 0 Å². The molecule has 10 nitrogen and oxygen atoms in total. The molecule has 11 heteroatoms. The summed E-state index contributed by atoms with van der Waals surface area (Å²) in [6.45, 7) is 0.706. The smallest absolute Gasteiger partial charge is 0.409 e. The third-order valence-electron chi connectivity index (χ3n) is 3.90. The van der Waals surface area contributed by atoms with Gasteiger partial charge in [-0.3, -0.25) is 10.1 Å². The van der Waals surface area contributed by atoms with Crippen LogP contribution >= 0.6 is 0 Å². The number of carbonyl (C=O) groups excluding carboxylic acids is 1. The Bertz CT molecular complexity index is 758. The molecule has 25 heavy (non-hydrogen) atoms. The monoisotopic (exact) mass is 373 g/mol. The van der Waals surface area contributed by atoms with Gasteiger partial charge in [0.1, 0.15) is 10.6 Å². The van der Waals surface area contributed by atoms with Crippen LogP contribution in [0.15, 0.2) is 23.1 Å². The maximum atomic E-state index is 12.6. The fourth-order valence-corrected chi connectivity index (χ4v) is 4.07. The number of sulfonamides is 1. The van der Waals surface area contributed by atoms with Crippen LogP contribution < -0.4 is 9.46 Å². The van der Waals surface area contributed by atoms with Crippen molar-refractivity contribution in [1.82, 2.24) is 9.62 Å². The topological polar surface area (TPSA) is 128 Å². The first-order chi connectivity index (χ1) is 11.8. The molecule has 1 aromatic rings. The quantitative estimate of drug-likeness (QED) is 0.605. The van der Waals surface area contributed by atoms with Gasteiger partial charge in [0.15, 0.2) is 0 Å². The highest BCUT2D eigenvalue weighted by atomic mass is 32.2. The number of carbonyl (C=O) groups is 1. The van der Waals surface area contributed by atoms with Gasteiger partial charge >= 0.3 is 6.09 Å². The van der Waals surface area contributed by atoms with Gasteiger partial charge in [0.05, 0.1) is 19.1 Å². The SMILES string of the molecule is COC(=O)N1CCC(NS(=O)(=O)c2cc([N+](=O)[O-])ccc2OC)CC1. The van der Waals surface area contributed by atoms with Gasteiger partial charge in [-0.15, -0.1) is 0 Å². The standard InChI is InChI=1S/C14H19N3O7S/c1-23-12-4-3-11(17(19)20)9-13(12)25(21,22)15-10-5-7-16(8-6-10)14(18)24-2/h3-4,9-10,15H,5-8H2,1-2H3. The number of piperidine rings is 1. The van der Waals surface area contributed by atoms with Crippen molar-refractivity contribution in [1.29, 1.82) is 0 Å². The zero-order valence-electron chi connectivity index (χ0n) is 13.8. The maximum absolute atomic E-state index is 12.6. The Kier molecular flexibility index (Phi) is 5.80. The number of benzene rings is 1. The Hall–Kier alpha value is -2.40. The third-order valence-corrected chi connectivity index (χ3v) is 5.44. The Morgan fingerprint density at radius 2 is 1.96 bits per heavy atom. The van der Waals surface area contributed by atoms with Crippen molar-refractivity contribution < 1.29 is 27.6 Å². The van der Waals surface area contributed by atoms with E-state index in [2.05, 4.69) is 9.46 Å². The fraction of sp³-hybridized carbons (Fsp3) is 0.500. The lowest BCUT2D eigenvalue weighted by Gasteiger charge is -2.31. The molecule has 0 spiro atoms. The molecule has 0 aromatic heterocycles. The predicted octanol–water partition coefficient (Wildman–Crippen LogP) is 1.11. The molecule has 1 aromatic carbocycles. The van der Waals surface area contributed by atoms with E-state index < -0.39 is 27.1 Å². The van der Waals surface area contributed by atoms with Gasteiger partial charge in [-0.25, -0.2) is 17.9 Å². The van der Waals surface area contributed by atoms with Crippen molar-refractivity contribution in [3.05, 3.63) is 28.3 Å². The number of nitrogens with zero attached hydrogens (tertiary/aromatic N) is 2. The van der Waals surface area contributed by atoms with Crippen LogP contribution in [0.2, 0.25) is 0 Å². The molecule has 0 atom stereocenters. The molecule has 0 radical (unpaired) electrons. The molecule has 1 fully saturated rings. The van der Waals surface area contributed by atoms with E-state index >= 15 is 0 Å². The first-order valence-corrected chi connectivity index (χ1v) is 8.94. The van der Waals surface area contributed by atoms with Gasteiger partial charge < -0.3 is 14.4 Å². The third kappa shape index (κ3) is 4.37. The molecule has 1 heterocycles. The molecule has 0 unspecified atom stereocenters. The summed E-state index contributed by atoms with van der Waals surface area (Å²) in [6.07, 6.45) is 0.360. The van der Waals surface area contributed by atoms with Crippen LogP contribution in [0.3, 0.4) is 0 Å². The number of nitro benzene ring substituents is 1. The van der Waals surface area contributed by atoms with Crippen LogP contribution in [-0.4, -0.2) is 57.7 Å². The number of amides is 1. The minimum Gasteiger partial charge on any atom is -0.495 e. The predicted molar refractivity (Wildman–Crippen MR) is 87.0 cm³/mol. The highest BCUT2D eigenvalue weighted by Gasteiger charge is 2.29. The molecule has 1 amide bonds. The van der Waals surface area contributed by atoms with Gasteiger partial charge in [-0.1, -0.05) is 0 Å². The number of rotatable bonds is 5. The number of hydrogen-bond donors (Lipinski definition) is 1. The van der Waals surface area contributed by atoms with E-state index in [4.69, 9.17) is 4.74 Å². The van der Waals surface area contributed by atoms with Gasteiger partial charge in [-0.05, 0) is 18.9 Å². The Morgan fingerprint density at radius 3 is 2.48 bits per heavy atom. The Morgan fingerprint density at radius 1 is 1.32 bits per heavy atom. The molecule has 0 aliphatic carbocycles. The number of nitrogens with one attached hydrogen (secondary N) is 1. The summed E-state index contributed by atoms with van der Waals surface area (Å²) in [5, 5.41) is 10.9. The summed E-state index contributed by atoms with van der Waals surface area (Å²) < 4.78 is 37.4. The van der Waals surface area contributed by atoms with E-state index in [1.807, 2.05) is 0 Å². The van der Waals surface area contributed by atoms with E-state index in [-0.39, 0.29) is 16.3 Å². The van der Waals surface area contributed by atoms with E-state index in [0.717, 1.165) is 6.07 Å². The van der Waals surface area contributed by atoms with Crippen LogP contribution in [-0.2, 0) is 14.8 Å². The molecule has 1 aliphatic rings. The number of likely N-dealkylation sites (tertiary alicyclic amines) is 1. The summed E-state index contributed by atoms with van der Waals surface area (Å²) in [6, 6.07) is 2.99. The zero-order valence-corrected chi connectivity index (χ0v) is 14.6. The van der Waals surface area contributed by atoms with Gasteiger partial charge in [0.2, 0.25) is 10.0 Å². The largest absolute Gasteiger partial charge is 0.495 e. The lowest BCUT2D eigenvalue weighted by Crippen LogP contribution is -2.46. The van der Waals surface area contributed by atoms with Gasteiger partial charge in [0.25, 0.3) is 5.69 Å². The fourth-order valence-electron chi connectivity index (χ4n) is 2.58. The van der Waals surface area contributed by atoms with Crippen molar-refractivity contribution in [3.8, 4) is 5.75 Å². The van der Waals surface area contributed by atoms with Crippen molar-refractivity contribution in [3.63, 3.8) is 0 Å². The summed E-state index contributed by atoms with van der Waals surface area (Å²) in [4.78, 5) is 22.9. The lowest BCUT2D eigenvalue weighted by atomic mass is 10.1. The van der Waals surface area contributed by atoms with Crippen LogP contribution in [0.5, 0.6) is 5.75 Å². The second kappa shape index (κ2) is 7.66. The minimum atomic E-state index is -4.02. The highest BCUT2D eigenvalue weighted by Crippen LogP contribution is 2.28. The van der Waals surface area contributed by atoms with Gasteiger partial charge in [0, 0.05) is 31.3 Å². The normalized spacial score (nSPS) is 15.7. The first kappa shape index (κ1) is 18.9. The van der Waals surface area contributed by atoms with E-state index in [9.17, 15) is 23.3 Å². The first-order valence-electron chi connectivity index (χ1n) is 7.46. The van der Waals surface area contributed by atoms with Crippen molar-refractivity contribution in [2.45, 2.75) is 23.8 Å². The van der Waals surface area contributed by atoms with Gasteiger partial charge in [-0.2, -0.15) is 0 Å². The molecule has 0 saturated carbocycles. The van der Waals surface area contributed by atoms with Crippen molar-refractivity contribution in [2.24, 2.45) is 0 Å². The van der Waals surface area contributed by atoms with Crippen LogP contribution in [0, 0.1) is 10.1 Å². The van der Waals surface area contributed by atoms with E-state index in [1.54, 1.807) is 0 Å². The zero-order chi connectivity index (χ0) is 18.6. The number of methoxy groups -OCH3 is 2. The van der Waals surface area contributed by atoms with Crippen LogP contribution in [0.1, 0.15) is 12.8 Å². The molecule has 1 N–H and O–H groups in total. The molecule has 138 valence electrons. The number of non-ortho nitro benzene ring substituents is 1. The average molecular weight is 373 g/mol. The molecular formula is C14H19N3O7S. The summed E-state index contributed by atoms with van der Waals surface area (Å²) in [5.74, 6) is 0.0186. The number of nitro groups is 1. The molecule has 1 saturated heterocycles. The number of ether oxygens (including phenoxy) is 2. The average Bonchev–Trinajstić information content (AvgIpc) is 2.60. The second-order valence-corrected chi connectivity index (χ2v) is 7.13. The van der Waals surface area contributed by atoms with E-state index in [1.165, 1.54) is 31.3 Å². The van der Waals surface area contributed by atoms with E-state index in [0.29, 0.717) is 25.9 Å². The molecule has 2 rings (SSSR count). The lowest BCUT2D eigenvalue weighted by molar-refractivity contribution is -0.385. The summed E-state index contributed by atoms with van der Waals surface area (Å²) in [5.41, 5.74) is -0.346. The summed E-state index contributed by atoms with van der Waals surface area (Å²) >= 11 is 0. The van der Waals surface area contributed by atoms with Crippen molar-refractivity contribution >= 4 is 21.8 Å². The molecular weight excluding hydrogens is 354 g/mol. The Balaban J connectivity index is 2.16. The molecule has 1 aliphatic heterocycles. The van der Waals surface area contributed by atoms with Crippen LogP contribution in [0.4, 0.5) is 10.5 Å². The minimum absolute atomic E-state index is 0.0186. The number of hydrogen-bond acceptors (Lipinski definition) is 7.